The average Bonchev–Trinajstić information content (AvgIpc) is 2.68. The largest absolute Gasteiger partial charge is 0.369 e. The molecule has 136 valence electrons. The van der Waals surface area contributed by atoms with Gasteiger partial charge < -0.3 is 15.5 Å². The molecule has 0 radical (unpaired) electrons. The Bertz CT molecular complexity index is 931. The second-order valence-electron chi connectivity index (χ2n) is 6.38. The molecule has 6 nitrogen and oxygen atoms in total. The molecule has 27 heavy (non-hydrogen) atoms. The molecule has 3 aromatic rings. The van der Waals surface area contributed by atoms with Gasteiger partial charge >= 0.3 is 0 Å². The van der Waals surface area contributed by atoms with Gasteiger partial charge in [0.2, 0.25) is 0 Å². The molecule has 0 bridgehead atoms. The normalized spacial score (nSPS) is 10.4. The fourth-order valence-corrected chi connectivity index (χ4v) is 2.54. The van der Waals surface area contributed by atoms with Crippen LogP contribution >= 0.6 is 0 Å². The highest BCUT2D eigenvalue weighted by molar-refractivity contribution is 5.65. The van der Waals surface area contributed by atoms with E-state index in [0.717, 1.165) is 30.2 Å². The van der Waals surface area contributed by atoms with Crippen LogP contribution in [0.3, 0.4) is 0 Å². The molecule has 6 heteroatoms. The van der Waals surface area contributed by atoms with Crippen molar-refractivity contribution in [2.75, 3.05) is 37.8 Å². The zero-order valence-corrected chi connectivity index (χ0v) is 15.5. The van der Waals surface area contributed by atoms with Crippen molar-refractivity contribution in [1.29, 1.82) is 5.26 Å². The van der Waals surface area contributed by atoms with Crippen LogP contribution in [0, 0.1) is 11.3 Å². The molecule has 0 amide bonds. The molecule has 0 atom stereocenters. The third kappa shape index (κ3) is 5.27. The molecular weight excluding hydrogens is 336 g/mol. The Morgan fingerprint density at radius 3 is 2.48 bits per heavy atom. The summed E-state index contributed by atoms with van der Waals surface area (Å²) in [6, 6.07) is 21.2. The summed E-state index contributed by atoms with van der Waals surface area (Å²) in [6.07, 6.45) is 0. The molecule has 0 spiro atoms. The Labute approximate surface area is 159 Å². The van der Waals surface area contributed by atoms with Crippen molar-refractivity contribution < 1.29 is 0 Å². The first-order chi connectivity index (χ1) is 13.1. The van der Waals surface area contributed by atoms with Crippen LogP contribution in [0.15, 0.2) is 60.7 Å². The standard InChI is InChI=1S/C21H22N6/c1-27(2)12-11-23-19-14-20(24-18-10-6-7-16(13-18)15-22)26-21(25-19)17-8-4-3-5-9-17/h3-10,13-14H,11-12H2,1-2H3,(H2,23,24,25,26). The summed E-state index contributed by atoms with van der Waals surface area (Å²) in [6.45, 7) is 1.68. The van der Waals surface area contributed by atoms with Gasteiger partial charge in [-0.15, -0.1) is 0 Å². The molecule has 1 aromatic heterocycles. The first-order valence-corrected chi connectivity index (χ1v) is 8.74. The second kappa shape index (κ2) is 8.79. The number of likely N-dealkylation sites (N-methyl/N-ethyl adjacent to an activating group) is 1. The molecular formula is C21H22N6. The van der Waals surface area contributed by atoms with E-state index in [0.29, 0.717) is 17.2 Å². The highest BCUT2D eigenvalue weighted by atomic mass is 15.1. The second-order valence-corrected chi connectivity index (χ2v) is 6.38. The topological polar surface area (TPSA) is 76.9 Å². The summed E-state index contributed by atoms with van der Waals surface area (Å²) in [5.74, 6) is 2.07. The number of nitrogens with one attached hydrogen (secondary N) is 2. The van der Waals surface area contributed by atoms with Gasteiger partial charge in [-0.3, -0.25) is 0 Å². The van der Waals surface area contributed by atoms with Crippen LogP contribution < -0.4 is 10.6 Å². The molecule has 3 rings (SSSR count). The first-order valence-electron chi connectivity index (χ1n) is 8.74. The SMILES string of the molecule is CN(C)CCNc1cc(Nc2cccc(C#N)c2)nc(-c2ccccc2)n1. The van der Waals surface area contributed by atoms with E-state index in [1.165, 1.54) is 0 Å². The Balaban J connectivity index is 1.90. The van der Waals surface area contributed by atoms with Gasteiger partial charge in [-0.2, -0.15) is 5.26 Å². The number of hydrogen-bond acceptors (Lipinski definition) is 6. The Kier molecular flexibility index (Phi) is 5.98. The molecule has 0 aliphatic rings. The minimum absolute atomic E-state index is 0.599. The molecule has 0 unspecified atom stereocenters. The van der Waals surface area contributed by atoms with E-state index in [2.05, 4.69) is 31.6 Å². The minimum atomic E-state index is 0.599. The molecule has 0 aliphatic heterocycles. The maximum absolute atomic E-state index is 9.09. The van der Waals surface area contributed by atoms with E-state index in [4.69, 9.17) is 5.26 Å². The highest BCUT2D eigenvalue weighted by Gasteiger charge is 2.08. The summed E-state index contributed by atoms with van der Waals surface area (Å²) in [5, 5.41) is 15.7. The van der Waals surface area contributed by atoms with Crippen LogP contribution in [-0.2, 0) is 0 Å². The first kappa shape index (κ1) is 18.4. The lowest BCUT2D eigenvalue weighted by molar-refractivity contribution is 0.425. The monoisotopic (exact) mass is 358 g/mol. The Morgan fingerprint density at radius 1 is 0.963 bits per heavy atom. The van der Waals surface area contributed by atoms with E-state index in [1.54, 1.807) is 12.1 Å². The van der Waals surface area contributed by atoms with Crippen molar-refractivity contribution in [1.82, 2.24) is 14.9 Å². The summed E-state index contributed by atoms with van der Waals surface area (Å²) >= 11 is 0. The van der Waals surface area contributed by atoms with Gasteiger partial charge in [0.25, 0.3) is 0 Å². The zero-order valence-electron chi connectivity index (χ0n) is 15.5. The molecule has 0 saturated heterocycles. The lowest BCUT2D eigenvalue weighted by atomic mass is 10.2. The van der Waals surface area contributed by atoms with E-state index >= 15 is 0 Å². The molecule has 2 N–H and O–H groups in total. The number of aromatic nitrogens is 2. The number of benzene rings is 2. The molecule has 0 aliphatic carbocycles. The summed E-state index contributed by atoms with van der Waals surface area (Å²) < 4.78 is 0. The summed E-state index contributed by atoms with van der Waals surface area (Å²) in [5.41, 5.74) is 2.36. The van der Waals surface area contributed by atoms with Crippen LogP contribution in [0.5, 0.6) is 0 Å². The third-order valence-electron chi connectivity index (χ3n) is 3.89. The van der Waals surface area contributed by atoms with E-state index in [9.17, 15) is 0 Å². The van der Waals surface area contributed by atoms with Crippen LogP contribution in [0.25, 0.3) is 11.4 Å². The van der Waals surface area contributed by atoms with Crippen molar-refractivity contribution in [3.63, 3.8) is 0 Å². The molecule has 0 saturated carbocycles. The maximum atomic E-state index is 9.09. The number of anilines is 3. The van der Waals surface area contributed by atoms with Gasteiger partial charge in [-0.25, -0.2) is 9.97 Å². The van der Waals surface area contributed by atoms with Crippen molar-refractivity contribution in [2.24, 2.45) is 0 Å². The van der Waals surface area contributed by atoms with Crippen molar-refractivity contribution in [3.8, 4) is 17.5 Å². The lowest BCUT2D eigenvalue weighted by Crippen LogP contribution is -2.21. The van der Waals surface area contributed by atoms with E-state index in [-0.39, 0.29) is 0 Å². The molecule has 0 fully saturated rings. The van der Waals surface area contributed by atoms with Crippen LogP contribution in [0.2, 0.25) is 0 Å². The van der Waals surface area contributed by atoms with Gasteiger partial charge in [0.1, 0.15) is 11.6 Å². The predicted octanol–water partition coefficient (Wildman–Crippen LogP) is 3.73. The zero-order chi connectivity index (χ0) is 19.1. The average molecular weight is 358 g/mol. The summed E-state index contributed by atoms with van der Waals surface area (Å²) in [7, 11) is 4.07. The fourth-order valence-electron chi connectivity index (χ4n) is 2.54. The number of rotatable bonds is 7. The molecule has 2 aromatic carbocycles. The Morgan fingerprint density at radius 2 is 1.74 bits per heavy atom. The minimum Gasteiger partial charge on any atom is -0.369 e. The van der Waals surface area contributed by atoms with Gasteiger partial charge in [-0.1, -0.05) is 36.4 Å². The fraction of sp³-hybridized carbons (Fsp3) is 0.190. The third-order valence-corrected chi connectivity index (χ3v) is 3.89. The predicted molar refractivity (Wildman–Crippen MR) is 109 cm³/mol. The van der Waals surface area contributed by atoms with Gasteiger partial charge in [-0.05, 0) is 32.3 Å². The number of nitriles is 1. The van der Waals surface area contributed by atoms with Gasteiger partial charge in [0, 0.05) is 30.4 Å². The lowest BCUT2D eigenvalue weighted by Gasteiger charge is -2.13. The highest BCUT2D eigenvalue weighted by Crippen LogP contribution is 2.23. The van der Waals surface area contributed by atoms with Gasteiger partial charge in [0.15, 0.2) is 5.82 Å². The molecule has 1 heterocycles. The van der Waals surface area contributed by atoms with Crippen LogP contribution in [0.1, 0.15) is 5.56 Å². The number of hydrogen-bond donors (Lipinski definition) is 2. The van der Waals surface area contributed by atoms with Crippen molar-refractivity contribution in [2.45, 2.75) is 0 Å². The van der Waals surface area contributed by atoms with Crippen LogP contribution in [-0.4, -0.2) is 42.1 Å². The quantitative estimate of drug-likeness (QED) is 0.670. The van der Waals surface area contributed by atoms with E-state index < -0.39 is 0 Å². The number of nitrogens with zero attached hydrogens (tertiary/aromatic N) is 4. The maximum Gasteiger partial charge on any atom is 0.163 e. The van der Waals surface area contributed by atoms with Crippen molar-refractivity contribution in [3.05, 3.63) is 66.2 Å². The smallest absolute Gasteiger partial charge is 0.163 e. The van der Waals surface area contributed by atoms with Gasteiger partial charge in [0.05, 0.1) is 11.6 Å². The summed E-state index contributed by atoms with van der Waals surface area (Å²) in [4.78, 5) is 11.4. The van der Waals surface area contributed by atoms with E-state index in [1.807, 2.05) is 62.6 Å². The van der Waals surface area contributed by atoms with Crippen molar-refractivity contribution >= 4 is 17.3 Å². The van der Waals surface area contributed by atoms with Crippen LogP contribution in [0.4, 0.5) is 17.3 Å². The Hall–Kier alpha value is -3.43.